The summed E-state index contributed by atoms with van der Waals surface area (Å²) in [6.45, 7) is 0.287. The molecule has 20 heavy (non-hydrogen) atoms. The highest BCUT2D eigenvalue weighted by Gasteiger charge is 2.19. The van der Waals surface area contributed by atoms with Crippen molar-refractivity contribution in [2.24, 2.45) is 0 Å². The number of hydrogen-bond acceptors (Lipinski definition) is 4. The van der Waals surface area contributed by atoms with E-state index in [1.807, 2.05) is 0 Å². The first-order valence-electron chi connectivity index (χ1n) is 5.44. The van der Waals surface area contributed by atoms with Gasteiger partial charge in [0.2, 0.25) is 0 Å². The van der Waals surface area contributed by atoms with Crippen LogP contribution in [-0.4, -0.2) is 10.8 Å². The number of halogens is 2. The zero-order valence-corrected chi connectivity index (χ0v) is 12.3. The van der Waals surface area contributed by atoms with E-state index in [1.54, 1.807) is 12.1 Å². The maximum Gasteiger partial charge on any atom is 0.288 e. The fraction of sp³-hybridized carbons (Fsp3) is 0.0833. The number of nitrogens with one attached hydrogen (secondary N) is 1. The minimum Gasteiger partial charge on any atom is -0.347 e. The Hall–Kier alpha value is -1.63. The quantitative estimate of drug-likeness (QED) is 0.682. The Bertz CT molecular complexity index is 672. The monoisotopic (exact) mass is 330 g/mol. The normalized spacial score (nSPS) is 10.3. The molecule has 5 nitrogen and oxygen atoms in total. The molecule has 0 bridgehead atoms. The summed E-state index contributed by atoms with van der Waals surface area (Å²) in [5, 5.41) is 13.2. The molecule has 1 aromatic carbocycles. The highest BCUT2D eigenvalue weighted by Crippen LogP contribution is 2.28. The third kappa shape index (κ3) is 3.27. The molecule has 1 N–H and O–H groups in total. The molecule has 0 aliphatic heterocycles. The molecule has 0 fully saturated rings. The molecule has 104 valence electrons. The molecule has 1 heterocycles. The number of benzene rings is 1. The molecule has 0 saturated heterocycles. The highest BCUT2D eigenvalue weighted by molar-refractivity contribution is 7.16. The van der Waals surface area contributed by atoms with Gasteiger partial charge in [-0.25, -0.2) is 0 Å². The van der Waals surface area contributed by atoms with Crippen LogP contribution >= 0.6 is 34.5 Å². The molecule has 0 spiro atoms. The fourth-order valence-corrected chi connectivity index (χ4v) is 2.85. The lowest BCUT2D eigenvalue weighted by molar-refractivity contribution is -0.384. The number of hydrogen-bond donors (Lipinski definition) is 1. The van der Waals surface area contributed by atoms with Crippen molar-refractivity contribution in [1.29, 1.82) is 0 Å². The van der Waals surface area contributed by atoms with Crippen molar-refractivity contribution in [3.63, 3.8) is 0 Å². The van der Waals surface area contributed by atoms with Crippen molar-refractivity contribution in [3.05, 3.63) is 60.2 Å². The van der Waals surface area contributed by atoms with Crippen LogP contribution in [0.4, 0.5) is 5.69 Å². The zero-order chi connectivity index (χ0) is 14.7. The van der Waals surface area contributed by atoms with Gasteiger partial charge in [-0.3, -0.25) is 14.9 Å². The lowest BCUT2D eigenvalue weighted by atomic mass is 10.2. The van der Waals surface area contributed by atoms with E-state index in [9.17, 15) is 14.9 Å². The van der Waals surface area contributed by atoms with Gasteiger partial charge in [-0.2, -0.15) is 0 Å². The van der Waals surface area contributed by atoms with Gasteiger partial charge in [0.05, 0.1) is 21.4 Å². The van der Waals surface area contributed by atoms with Gasteiger partial charge in [-0.05, 0) is 18.2 Å². The molecule has 0 radical (unpaired) electrons. The van der Waals surface area contributed by atoms with Gasteiger partial charge in [0, 0.05) is 10.9 Å². The average Bonchev–Trinajstić information content (AvgIpc) is 2.81. The van der Waals surface area contributed by atoms with Crippen molar-refractivity contribution in [3.8, 4) is 0 Å². The summed E-state index contributed by atoms with van der Waals surface area (Å²) in [4.78, 5) is 23.0. The lowest BCUT2D eigenvalue weighted by Crippen LogP contribution is -2.22. The number of nitro benzene ring substituents is 1. The zero-order valence-electron chi connectivity index (χ0n) is 9.93. The van der Waals surface area contributed by atoms with Crippen molar-refractivity contribution in [2.45, 2.75) is 6.54 Å². The second kappa shape index (κ2) is 6.21. The van der Waals surface area contributed by atoms with Crippen LogP contribution in [0.25, 0.3) is 0 Å². The summed E-state index contributed by atoms with van der Waals surface area (Å²) in [5.41, 5.74) is -0.220. The molecule has 2 aromatic rings. The fourth-order valence-electron chi connectivity index (χ4n) is 1.55. The smallest absolute Gasteiger partial charge is 0.288 e. The van der Waals surface area contributed by atoms with Crippen molar-refractivity contribution < 1.29 is 9.72 Å². The highest BCUT2D eigenvalue weighted by atomic mass is 35.5. The Morgan fingerprint density at radius 2 is 2.05 bits per heavy atom. The summed E-state index contributed by atoms with van der Waals surface area (Å²) < 4.78 is 0.627. The van der Waals surface area contributed by atoms with Gasteiger partial charge in [0.25, 0.3) is 11.6 Å². The molecule has 0 aliphatic carbocycles. The number of carbonyl (C=O) groups excluding carboxylic acids is 1. The van der Waals surface area contributed by atoms with Gasteiger partial charge in [-0.1, -0.05) is 29.3 Å². The minimum absolute atomic E-state index is 0.0727. The van der Waals surface area contributed by atoms with Crippen LogP contribution in [0.5, 0.6) is 0 Å². The lowest BCUT2D eigenvalue weighted by Gasteiger charge is -2.05. The Balaban J connectivity index is 2.13. The number of amides is 1. The second-order valence-electron chi connectivity index (χ2n) is 3.78. The van der Waals surface area contributed by atoms with E-state index in [0.29, 0.717) is 4.34 Å². The van der Waals surface area contributed by atoms with Crippen molar-refractivity contribution in [2.75, 3.05) is 0 Å². The molecule has 0 saturated carbocycles. The van der Waals surface area contributed by atoms with Gasteiger partial charge in [0.15, 0.2) is 0 Å². The van der Waals surface area contributed by atoms with Crippen LogP contribution in [-0.2, 0) is 6.54 Å². The van der Waals surface area contributed by atoms with Gasteiger partial charge in [-0.15, -0.1) is 11.3 Å². The topological polar surface area (TPSA) is 72.2 Å². The van der Waals surface area contributed by atoms with Crippen LogP contribution in [0.1, 0.15) is 15.2 Å². The first-order chi connectivity index (χ1) is 9.49. The third-order valence-electron chi connectivity index (χ3n) is 2.47. The maximum atomic E-state index is 12.0. The number of thiophene rings is 1. The minimum atomic E-state index is -0.627. The molecular formula is C12H8Cl2N2O3S. The Labute approximate surface area is 128 Å². The number of carbonyl (C=O) groups is 1. The second-order valence-corrected chi connectivity index (χ2v) is 5.96. The van der Waals surface area contributed by atoms with Crippen LogP contribution in [0.2, 0.25) is 9.36 Å². The Morgan fingerprint density at radius 1 is 1.30 bits per heavy atom. The molecule has 0 unspecified atom stereocenters. The number of nitrogens with zero attached hydrogens (tertiary/aromatic N) is 1. The maximum absolute atomic E-state index is 12.0. The predicted molar refractivity (Wildman–Crippen MR) is 78.6 cm³/mol. The first-order valence-corrected chi connectivity index (χ1v) is 7.01. The Morgan fingerprint density at radius 3 is 2.65 bits per heavy atom. The van der Waals surface area contributed by atoms with E-state index in [4.69, 9.17) is 23.2 Å². The van der Waals surface area contributed by atoms with E-state index in [0.717, 1.165) is 4.88 Å². The predicted octanol–water partition coefficient (Wildman–Crippen LogP) is 3.89. The number of nitro groups is 1. The molecule has 0 atom stereocenters. The average molecular weight is 331 g/mol. The van der Waals surface area contributed by atoms with Gasteiger partial charge in [0.1, 0.15) is 5.02 Å². The van der Waals surface area contributed by atoms with Crippen molar-refractivity contribution in [1.82, 2.24) is 5.32 Å². The molecular weight excluding hydrogens is 323 g/mol. The summed E-state index contributed by atoms with van der Waals surface area (Å²) in [6.07, 6.45) is 0. The summed E-state index contributed by atoms with van der Waals surface area (Å²) in [6, 6.07) is 7.63. The van der Waals surface area contributed by atoms with E-state index in [2.05, 4.69) is 5.32 Å². The van der Waals surface area contributed by atoms with Crippen molar-refractivity contribution >= 4 is 46.1 Å². The van der Waals surface area contributed by atoms with E-state index >= 15 is 0 Å². The summed E-state index contributed by atoms with van der Waals surface area (Å²) in [5.74, 6) is -0.469. The summed E-state index contributed by atoms with van der Waals surface area (Å²) in [7, 11) is 0. The molecule has 0 aliphatic rings. The van der Waals surface area contributed by atoms with Gasteiger partial charge >= 0.3 is 0 Å². The number of rotatable bonds is 4. The van der Waals surface area contributed by atoms with E-state index in [1.165, 1.54) is 29.5 Å². The summed E-state index contributed by atoms with van der Waals surface area (Å²) >= 11 is 13.0. The van der Waals surface area contributed by atoms with E-state index < -0.39 is 10.8 Å². The van der Waals surface area contributed by atoms with Crippen LogP contribution < -0.4 is 5.32 Å². The SMILES string of the molecule is O=C(NCc1ccc(Cl)s1)c1cccc([N+](=O)[O-])c1Cl. The molecule has 2 rings (SSSR count). The molecule has 1 amide bonds. The van der Waals surface area contributed by atoms with E-state index in [-0.39, 0.29) is 22.8 Å². The standard InChI is InChI=1S/C12H8Cl2N2O3S/c13-10-5-4-7(20-10)6-15-12(17)8-2-1-3-9(11(8)14)16(18)19/h1-5H,6H2,(H,15,17). The Kier molecular flexibility index (Phi) is 4.59. The first kappa shape index (κ1) is 14.8. The van der Waals surface area contributed by atoms with Gasteiger partial charge < -0.3 is 5.32 Å². The van der Waals surface area contributed by atoms with Crippen LogP contribution in [0, 0.1) is 10.1 Å². The molecule has 1 aromatic heterocycles. The third-order valence-corrected chi connectivity index (χ3v) is 4.10. The van der Waals surface area contributed by atoms with Crippen LogP contribution in [0.15, 0.2) is 30.3 Å². The molecule has 8 heteroatoms. The van der Waals surface area contributed by atoms with Crippen LogP contribution in [0.3, 0.4) is 0 Å². The largest absolute Gasteiger partial charge is 0.347 e.